The first-order valence-electron chi connectivity index (χ1n) is 9.49. The minimum Gasteiger partial charge on any atom is -0.481 e. The van der Waals surface area contributed by atoms with Gasteiger partial charge in [-0.2, -0.15) is 0 Å². The Bertz CT molecular complexity index is 686. The molecule has 2 N–H and O–H groups in total. The quantitative estimate of drug-likeness (QED) is 0.760. The molecule has 4 fully saturated rings. The zero-order chi connectivity index (χ0) is 18.4. The predicted octanol–water partition coefficient (Wildman–Crippen LogP) is 2.59. The van der Waals surface area contributed by atoms with E-state index in [-0.39, 0.29) is 35.2 Å². The van der Waals surface area contributed by atoms with Gasteiger partial charge >= 0.3 is 5.97 Å². The Morgan fingerprint density at radius 3 is 2.40 bits per heavy atom. The fourth-order valence-corrected chi connectivity index (χ4v) is 7.32. The maximum Gasteiger partial charge on any atom is 0.309 e. The molecular weight excluding hydrogens is 320 g/mol. The van der Waals surface area contributed by atoms with Crippen molar-refractivity contribution < 1.29 is 24.6 Å². The maximum absolute atomic E-state index is 13.1. The molecule has 138 valence electrons. The molecule has 0 aromatic carbocycles. The number of aliphatic carboxylic acids is 1. The van der Waals surface area contributed by atoms with E-state index < -0.39 is 28.3 Å². The van der Waals surface area contributed by atoms with Crippen molar-refractivity contribution in [1.82, 2.24) is 0 Å². The smallest absolute Gasteiger partial charge is 0.309 e. The molecule has 0 amide bonds. The van der Waals surface area contributed by atoms with Crippen LogP contribution >= 0.6 is 0 Å². The number of Topliss-reactive ketones (excluding diaryl/α,β-unsaturated/α-hetero) is 2. The van der Waals surface area contributed by atoms with Crippen molar-refractivity contribution in [2.75, 3.05) is 0 Å². The molecular formula is C20H28O5. The number of hydrogen-bond donors (Lipinski definition) is 2. The van der Waals surface area contributed by atoms with Gasteiger partial charge in [0.15, 0.2) is 0 Å². The average Bonchev–Trinajstić information content (AvgIpc) is 2.73. The normalized spacial score (nSPS) is 54.8. The molecule has 5 nitrogen and oxygen atoms in total. The second kappa shape index (κ2) is 4.73. The highest BCUT2D eigenvalue weighted by atomic mass is 16.4. The minimum atomic E-state index is -0.991. The van der Waals surface area contributed by atoms with E-state index in [0.717, 1.165) is 12.8 Å². The third-order valence-electron chi connectivity index (χ3n) is 8.86. The summed E-state index contributed by atoms with van der Waals surface area (Å²) >= 11 is 0. The topological polar surface area (TPSA) is 91.7 Å². The van der Waals surface area contributed by atoms with Gasteiger partial charge in [0.25, 0.3) is 0 Å². The Morgan fingerprint density at radius 2 is 1.76 bits per heavy atom. The van der Waals surface area contributed by atoms with Crippen molar-refractivity contribution in [3.05, 3.63) is 0 Å². The number of rotatable bonds is 1. The van der Waals surface area contributed by atoms with Crippen LogP contribution in [-0.2, 0) is 14.4 Å². The lowest BCUT2D eigenvalue weighted by atomic mass is 9.39. The maximum atomic E-state index is 13.1. The van der Waals surface area contributed by atoms with Gasteiger partial charge in [-0.05, 0) is 50.9 Å². The summed E-state index contributed by atoms with van der Waals surface area (Å²) < 4.78 is 0. The fraction of sp³-hybridized carbons (Fsp3) is 0.850. The van der Waals surface area contributed by atoms with Gasteiger partial charge in [0, 0.05) is 29.1 Å². The molecule has 0 aromatic heterocycles. The Labute approximate surface area is 148 Å². The molecule has 4 rings (SSSR count). The second-order valence-corrected chi connectivity index (χ2v) is 9.89. The number of ketones is 2. The molecule has 0 aliphatic heterocycles. The van der Waals surface area contributed by atoms with E-state index in [1.165, 1.54) is 0 Å². The summed E-state index contributed by atoms with van der Waals surface area (Å²) in [6.45, 7) is 5.66. The minimum absolute atomic E-state index is 0.0975. The van der Waals surface area contributed by atoms with Crippen LogP contribution in [0.5, 0.6) is 0 Å². The van der Waals surface area contributed by atoms with Crippen LogP contribution in [0.15, 0.2) is 0 Å². The number of aliphatic hydroxyl groups excluding tert-OH is 1. The molecule has 7 atom stereocenters. The van der Waals surface area contributed by atoms with Crippen LogP contribution in [0.2, 0.25) is 0 Å². The number of carbonyl (C=O) groups excluding carboxylic acids is 2. The van der Waals surface area contributed by atoms with Crippen LogP contribution in [0, 0.1) is 33.5 Å². The number of carboxylic acid groups (broad SMARTS) is 1. The van der Waals surface area contributed by atoms with Gasteiger partial charge in [0.05, 0.1) is 11.5 Å². The summed E-state index contributed by atoms with van der Waals surface area (Å²) in [4.78, 5) is 37.8. The number of fused-ring (bicyclic) bond motifs is 3. The van der Waals surface area contributed by atoms with Crippen molar-refractivity contribution in [1.29, 1.82) is 0 Å². The van der Waals surface area contributed by atoms with Crippen LogP contribution < -0.4 is 0 Å². The van der Waals surface area contributed by atoms with E-state index >= 15 is 0 Å². The van der Waals surface area contributed by atoms with Crippen LogP contribution in [0.3, 0.4) is 0 Å². The van der Waals surface area contributed by atoms with Gasteiger partial charge in [-0.25, -0.2) is 0 Å². The summed E-state index contributed by atoms with van der Waals surface area (Å²) in [5.41, 5.74) is -2.67. The highest BCUT2D eigenvalue weighted by Gasteiger charge is 2.73. The van der Waals surface area contributed by atoms with E-state index in [4.69, 9.17) is 0 Å². The Balaban J connectivity index is 1.86. The number of aliphatic hydroxyl groups is 1. The van der Waals surface area contributed by atoms with E-state index in [0.29, 0.717) is 25.7 Å². The molecule has 4 saturated carbocycles. The van der Waals surface area contributed by atoms with Gasteiger partial charge in [-0.1, -0.05) is 13.8 Å². The first-order chi connectivity index (χ1) is 11.5. The average molecular weight is 348 g/mol. The molecule has 0 saturated heterocycles. The lowest BCUT2D eigenvalue weighted by Gasteiger charge is -2.63. The van der Waals surface area contributed by atoms with Crippen molar-refractivity contribution in [2.24, 2.45) is 33.5 Å². The molecule has 0 unspecified atom stereocenters. The van der Waals surface area contributed by atoms with Crippen molar-refractivity contribution in [2.45, 2.75) is 71.8 Å². The molecule has 1 spiro atoms. The first kappa shape index (κ1) is 17.2. The van der Waals surface area contributed by atoms with Gasteiger partial charge in [0.2, 0.25) is 0 Å². The summed E-state index contributed by atoms with van der Waals surface area (Å²) in [6.07, 6.45) is 2.68. The van der Waals surface area contributed by atoms with Gasteiger partial charge in [0.1, 0.15) is 11.6 Å². The standard InChI is InChI=1S/C20H28O5/c1-17-6-4-11-19(3)12(18(2,16(24)25)7-5-13(19)21)8-14(22)20(11,10-17)9-15(17)23/h11-12,14,22H,4-10H2,1-3H3,(H,24,25)/t11-,12+,14-,17-,18+,19-,20+/m0/s1. The van der Waals surface area contributed by atoms with E-state index in [1.54, 1.807) is 6.92 Å². The summed E-state index contributed by atoms with van der Waals surface area (Å²) in [7, 11) is 0. The molecule has 4 aliphatic carbocycles. The predicted molar refractivity (Wildman–Crippen MR) is 89.7 cm³/mol. The van der Waals surface area contributed by atoms with Gasteiger partial charge in [-0.15, -0.1) is 0 Å². The van der Waals surface area contributed by atoms with Crippen molar-refractivity contribution in [3.8, 4) is 0 Å². The molecule has 5 heteroatoms. The number of hydrogen-bond acceptors (Lipinski definition) is 4. The fourth-order valence-electron chi connectivity index (χ4n) is 7.32. The molecule has 0 heterocycles. The van der Waals surface area contributed by atoms with Crippen LogP contribution in [0.1, 0.15) is 65.7 Å². The van der Waals surface area contributed by atoms with Gasteiger partial charge in [-0.3, -0.25) is 14.4 Å². The SMILES string of the molecule is C[C@@]12CC[C@@H]3[C@@](CC1=O)(C2)[C@@H](O)C[C@H]1[C@@]3(C)C(=O)CC[C@@]1(C)C(=O)O. The Kier molecular flexibility index (Phi) is 3.25. The first-order valence-corrected chi connectivity index (χ1v) is 9.49. The number of carboxylic acids is 1. The van der Waals surface area contributed by atoms with Crippen molar-refractivity contribution in [3.63, 3.8) is 0 Å². The van der Waals surface area contributed by atoms with Crippen molar-refractivity contribution >= 4 is 17.5 Å². The third kappa shape index (κ3) is 1.80. The summed E-state index contributed by atoms with van der Waals surface area (Å²) in [5.74, 6) is -0.998. The lowest BCUT2D eigenvalue weighted by molar-refractivity contribution is -0.208. The molecule has 4 aliphatic rings. The molecule has 25 heavy (non-hydrogen) atoms. The van der Waals surface area contributed by atoms with E-state index in [2.05, 4.69) is 0 Å². The van der Waals surface area contributed by atoms with E-state index in [1.807, 2.05) is 13.8 Å². The Morgan fingerprint density at radius 1 is 1.08 bits per heavy atom. The zero-order valence-corrected chi connectivity index (χ0v) is 15.3. The molecule has 2 bridgehead atoms. The van der Waals surface area contributed by atoms with Crippen LogP contribution in [-0.4, -0.2) is 33.9 Å². The van der Waals surface area contributed by atoms with Gasteiger partial charge < -0.3 is 10.2 Å². The second-order valence-electron chi connectivity index (χ2n) is 9.89. The van der Waals surface area contributed by atoms with Crippen LogP contribution in [0.4, 0.5) is 0 Å². The number of carbonyl (C=O) groups is 3. The molecule has 0 aromatic rings. The van der Waals surface area contributed by atoms with Crippen LogP contribution in [0.25, 0.3) is 0 Å². The molecule has 0 radical (unpaired) electrons. The van der Waals surface area contributed by atoms with E-state index in [9.17, 15) is 24.6 Å². The zero-order valence-electron chi connectivity index (χ0n) is 15.3. The highest BCUT2D eigenvalue weighted by Crippen LogP contribution is 2.72. The highest BCUT2D eigenvalue weighted by molar-refractivity contribution is 5.92. The Hall–Kier alpha value is -1.23. The monoisotopic (exact) mass is 348 g/mol. The summed E-state index contributed by atoms with van der Waals surface area (Å²) in [6, 6.07) is 0. The largest absolute Gasteiger partial charge is 0.481 e. The third-order valence-corrected chi connectivity index (χ3v) is 8.86. The summed E-state index contributed by atoms with van der Waals surface area (Å²) in [5, 5.41) is 21.0. The lowest BCUT2D eigenvalue weighted by Crippen LogP contribution is -2.66.